The van der Waals surface area contributed by atoms with Crippen molar-refractivity contribution in [1.82, 2.24) is 10.3 Å². The number of hydrogen-bond donors (Lipinski definition) is 1. The van der Waals surface area contributed by atoms with Crippen LogP contribution >= 0.6 is 11.3 Å². The summed E-state index contributed by atoms with van der Waals surface area (Å²) in [5.41, 5.74) is 1.48. The van der Waals surface area contributed by atoms with E-state index in [9.17, 15) is 4.79 Å². The maximum absolute atomic E-state index is 12.8. The number of benzene rings is 1. The van der Waals surface area contributed by atoms with Gasteiger partial charge in [-0.3, -0.25) is 4.79 Å². The number of amides is 1. The van der Waals surface area contributed by atoms with Crippen molar-refractivity contribution in [2.75, 3.05) is 0 Å². The van der Waals surface area contributed by atoms with Crippen LogP contribution in [0.3, 0.4) is 0 Å². The fraction of sp³-hybridized carbons (Fsp3) is 0.263. The predicted molar refractivity (Wildman–Crippen MR) is 93.6 cm³/mol. The average Bonchev–Trinajstić information content (AvgIpc) is 3.24. The Morgan fingerprint density at radius 1 is 1.21 bits per heavy atom. The predicted octanol–water partition coefficient (Wildman–Crippen LogP) is 4.14. The number of rotatable bonds is 5. The summed E-state index contributed by atoms with van der Waals surface area (Å²) in [6.45, 7) is 0.391. The largest absolute Gasteiger partial charge is 0.443 e. The molecular formula is C19H18N2O2S. The van der Waals surface area contributed by atoms with E-state index in [0.29, 0.717) is 12.4 Å². The van der Waals surface area contributed by atoms with Crippen molar-refractivity contribution in [3.05, 3.63) is 65.4 Å². The number of carbonyl (C=O) groups excluding carboxylic acids is 1. The summed E-state index contributed by atoms with van der Waals surface area (Å²) in [5, 5.41) is 5.03. The maximum Gasteiger partial charge on any atom is 0.236 e. The highest BCUT2D eigenvalue weighted by Crippen LogP contribution is 2.43. The Balaban J connectivity index is 1.45. The minimum Gasteiger partial charge on any atom is -0.443 e. The van der Waals surface area contributed by atoms with Crippen LogP contribution in [-0.2, 0) is 16.8 Å². The topological polar surface area (TPSA) is 55.1 Å². The first-order valence-electron chi connectivity index (χ1n) is 8.10. The third-order valence-corrected chi connectivity index (χ3v) is 5.54. The van der Waals surface area contributed by atoms with E-state index in [-0.39, 0.29) is 11.3 Å². The molecule has 1 amide bonds. The van der Waals surface area contributed by atoms with Gasteiger partial charge in [0, 0.05) is 0 Å². The average molecular weight is 338 g/mol. The Labute approximate surface area is 144 Å². The van der Waals surface area contributed by atoms with E-state index in [1.54, 1.807) is 17.6 Å². The molecule has 1 fully saturated rings. The van der Waals surface area contributed by atoms with Crippen molar-refractivity contribution in [2.24, 2.45) is 0 Å². The second-order valence-electron chi connectivity index (χ2n) is 6.11. The van der Waals surface area contributed by atoms with E-state index >= 15 is 0 Å². The van der Waals surface area contributed by atoms with Crippen LogP contribution in [-0.4, -0.2) is 10.9 Å². The molecule has 122 valence electrons. The van der Waals surface area contributed by atoms with E-state index in [1.807, 2.05) is 47.8 Å². The molecule has 2 heterocycles. The molecular weight excluding hydrogens is 320 g/mol. The SMILES string of the molecule is O=C(NCc1coc(-c2cccs2)n1)C1(c2ccccc2)CCC1. The van der Waals surface area contributed by atoms with E-state index in [1.165, 1.54) is 0 Å². The smallest absolute Gasteiger partial charge is 0.236 e. The summed E-state index contributed by atoms with van der Waals surface area (Å²) in [4.78, 5) is 18.2. The summed E-state index contributed by atoms with van der Waals surface area (Å²) in [6, 6.07) is 14.0. The van der Waals surface area contributed by atoms with Crippen LogP contribution in [0.5, 0.6) is 0 Å². The lowest BCUT2D eigenvalue weighted by Crippen LogP contribution is -2.49. The van der Waals surface area contributed by atoms with Crippen LogP contribution in [0, 0.1) is 0 Å². The van der Waals surface area contributed by atoms with Crippen molar-refractivity contribution in [3.63, 3.8) is 0 Å². The minimum atomic E-state index is -0.373. The van der Waals surface area contributed by atoms with Crippen LogP contribution in [0.4, 0.5) is 0 Å². The van der Waals surface area contributed by atoms with Crippen LogP contribution < -0.4 is 5.32 Å². The van der Waals surface area contributed by atoms with Crippen molar-refractivity contribution in [2.45, 2.75) is 31.2 Å². The highest BCUT2D eigenvalue weighted by molar-refractivity contribution is 7.13. The zero-order chi connectivity index (χ0) is 16.4. The molecule has 1 aliphatic rings. The van der Waals surface area contributed by atoms with Gasteiger partial charge in [0.15, 0.2) is 0 Å². The van der Waals surface area contributed by atoms with Crippen LogP contribution in [0.15, 0.2) is 58.5 Å². The number of hydrogen-bond acceptors (Lipinski definition) is 4. The molecule has 1 aromatic carbocycles. The Bertz CT molecular complexity index is 820. The minimum absolute atomic E-state index is 0.0839. The number of aromatic nitrogens is 1. The van der Waals surface area contributed by atoms with Gasteiger partial charge in [-0.2, -0.15) is 0 Å². The van der Waals surface area contributed by atoms with E-state index in [0.717, 1.165) is 35.4 Å². The third-order valence-electron chi connectivity index (χ3n) is 4.68. The molecule has 24 heavy (non-hydrogen) atoms. The number of nitrogens with one attached hydrogen (secondary N) is 1. The van der Waals surface area contributed by atoms with Gasteiger partial charge in [-0.15, -0.1) is 11.3 Å². The molecule has 4 nitrogen and oxygen atoms in total. The van der Waals surface area contributed by atoms with E-state index < -0.39 is 0 Å². The van der Waals surface area contributed by atoms with Crippen LogP contribution in [0.1, 0.15) is 30.5 Å². The first-order chi connectivity index (χ1) is 11.8. The quantitative estimate of drug-likeness (QED) is 0.760. The molecule has 0 radical (unpaired) electrons. The lowest BCUT2D eigenvalue weighted by molar-refractivity contribution is -0.130. The summed E-state index contributed by atoms with van der Waals surface area (Å²) in [7, 11) is 0. The normalized spacial score (nSPS) is 15.7. The summed E-state index contributed by atoms with van der Waals surface area (Å²) >= 11 is 1.58. The summed E-state index contributed by atoms with van der Waals surface area (Å²) in [6.07, 6.45) is 4.52. The highest BCUT2D eigenvalue weighted by atomic mass is 32.1. The molecule has 0 atom stereocenters. The van der Waals surface area contributed by atoms with Gasteiger partial charge in [-0.25, -0.2) is 4.98 Å². The number of nitrogens with zero attached hydrogens (tertiary/aromatic N) is 1. The second kappa shape index (κ2) is 6.24. The molecule has 0 spiro atoms. The van der Waals surface area contributed by atoms with Gasteiger partial charge in [0.05, 0.1) is 22.5 Å². The molecule has 0 aliphatic heterocycles. The first-order valence-corrected chi connectivity index (χ1v) is 8.98. The maximum atomic E-state index is 12.8. The zero-order valence-corrected chi connectivity index (χ0v) is 14.0. The Kier molecular flexibility index (Phi) is 3.94. The fourth-order valence-electron chi connectivity index (χ4n) is 3.18. The van der Waals surface area contributed by atoms with Crippen LogP contribution in [0.25, 0.3) is 10.8 Å². The monoisotopic (exact) mass is 338 g/mol. The Morgan fingerprint density at radius 3 is 2.71 bits per heavy atom. The standard InChI is InChI=1S/C19H18N2O2S/c22-18(19(9-5-10-19)14-6-2-1-3-7-14)20-12-15-13-23-17(21-15)16-8-4-11-24-16/h1-4,6-8,11,13H,5,9-10,12H2,(H,20,22). The van der Waals surface area contributed by atoms with Gasteiger partial charge in [0.2, 0.25) is 11.8 Å². The van der Waals surface area contributed by atoms with Gasteiger partial charge in [0.25, 0.3) is 0 Å². The third kappa shape index (κ3) is 2.65. The molecule has 0 unspecified atom stereocenters. The summed E-state index contributed by atoms with van der Waals surface area (Å²) in [5.74, 6) is 0.691. The van der Waals surface area contributed by atoms with E-state index in [2.05, 4.69) is 10.3 Å². The molecule has 4 rings (SSSR count). The number of thiophene rings is 1. The van der Waals surface area contributed by atoms with Gasteiger partial charge >= 0.3 is 0 Å². The van der Waals surface area contributed by atoms with Gasteiger partial charge in [-0.05, 0) is 29.9 Å². The van der Waals surface area contributed by atoms with E-state index in [4.69, 9.17) is 4.42 Å². The number of oxazole rings is 1. The highest BCUT2D eigenvalue weighted by Gasteiger charge is 2.45. The van der Waals surface area contributed by atoms with Crippen molar-refractivity contribution >= 4 is 17.2 Å². The molecule has 2 aromatic heterocycles. The molecule has 0 bridgehead atoms. The lowest BCUT2D eigenvalue weighted by Gasteiger charge is -2.40. The summed E-state index contributed by atoms with van der Waals surface area (Å²) < 4.78 is 5.50. The van der Waals surface area contributed by atoms with Crippen LogP contribution in [0.2, 0.25) is 0 Å². The first kappa shape index (κ1) is 15.1. The molecule has 3 aromatic rings. The van der Waals surface area contributed by atoms with Gasteiger partial charge in [0.1, 0.15) is 6.26 Å². The number of carbonyl (C=O) groups is 1. The second-order valence-corrected chi connectivity index (χ2v) is 7.05. The van der Waals surface area contributed by atoms with Crippen molar-refractivity contribution in [1.29, 1.82) is 0 Å². The van der Waals surface area contributed by atoms with Crippen molar-refractivity contribution < 1.29 is 9.21 Å². The molecule has 1 saturated carbocycles. The molecule has 1 N–H and O–H groups in total. The Morgan fingerprint density at radius 2 is 2.04 bits per heavy atom. The van der Waals surface area contributed by atoms with Gasteiger partial charge < -0.3 is 9.73 Å². The molecule has 0 saturated heterocycles. The zero-order valence-electron chi connectivity index (χ0n) is 13.2. The lowest BCUT2D eigenvalue weighted by atomic mass is 9.64. The van der Waals surface area contributed by atoms with Crippen molar-refractivity contribution in [3.8, 4) is 10.8 Å². The van der Waals surface area contributed by atoms with Gasteiger partial charge in [-0.1, -0.05) is 42.8 Å². The molecule has 1 aliphatic carbocycles. The Hall–Kier alpha value is -2.40. The fourth-order valence-corrected chi connectivity index (χ4v) is 3.83. The molecule has 5 heteroatoms.